The molecule has 0 aliphatic carbocycles. The number of nitrogens with zero attached hydrogens (tertiary/aromatic N) is 1. The van der Waals surface area contributed by atoms with Gasteiger partial charge in [-0.1, -0.05) is 48.0 Å². The molecule has 0 unspecified atom stereocenters. The highest BCUT2D eigenvalue weighted by molar-refractivity contribution is 5.94. The number of aryl methyl sites for hydroxylation is 1. The molecule has 1 aliphatic rings. The molecule has 1 fully saturated rings. The number of benzene rings is 2. The first-order chi connectivity index (χ1) is 12.6. The van der Waals surface area contributed by atoms with Crippen LogP contribution in [-0.2, 0) is 6.54 Å². The fourth-order valence-electron chi connectivity index (χ4n) is 3.20. The van der Waals surface area contributed by atoms with E-state index in [0.29, 0.717) is 25.2 Å². The van der Waals surface area contributed by atoms with Crippen LogP contribution < -0.4 is 10.6 Å². The van der Waals surface area contributed by atoms with Crippen molar-refractivity contribution >= 4 is 11.9 Å². The molecule has 136 valence electrons. The number of likely N-dealkylation sites (tertiary alicyclic amines) is 1. The van der Waals surface area contributed by atoms with Gasteiger partial charge in [0, 0.05) is 31.2 Å². The van der Waals surface area contributed by atoms with E-state index >= 15 is 0 Å². The van der Waals surface area contributed by atoms with Crippen molar-refractivity contribution in [2.45, 2.75) is 32.4 Å². The summed E-state index contributed by atoms with van der Waals surface area (Å²) in [6.07, 6.45) is 1.55. The monoisotopic (exact) mass is 351 g/mol. The fraction of sp³-hybridized carbons (Fsp3) is 0.333. The summed E-state index contributed by atoms with van der Waals surface area (Å²) in [6.45, 7) is 3.88. The summed E-state index contributed by atoms with van der Waals surface area (Å²) in [6, 6.07) is 17.4. The number of rotatable bonds is 4. The average molecular weight is 351 g/mol. The van der Waals surface area contributed by atoms with Crippen LogP contribution in [-0.4, -0.2) is 36.0 Å². The van der Waals surface area contributed by atoms with E-state index < -0.39 is 0 Å². The lowest BCUT2D eigenvalue weighted by Gasteiger charge is -2.32. The van der Waals surface area contributed by atoms with Gasteiger partial charge in [0.05, 0.1) is 0 Å². The van der Waals surface area contributed by atoms with Crippen LogP contribution in [0.3, 0.4) is 0 Å². The van der Waals surface area contributed by atoms with Gasteiger partial charge in [-0.15, -0.1) is 0 Å². The second kappa shape index (κ2) is 8.52. The number of amides is 3. The largest absolute Gasteiger partial charge is 0.349 e. The number of nitrogens with one attached hydrogen (secondary N) is 2. The molecule has 1 heterocycles. The average Bonchev–Trinajstić information content (AvgIpc) is 2.67. The minimum atomic E-state index is -0.0482. The summed E-state index contributed by atoms with van der Waals surface area (Å²) < 4.78 is 0. The van der Waals surface area contributed by atoms with Crippen LogP contribution in [0.1, 0.15) is 34.3 Å². The molecule has 3 amide bonds. The lowest BCUT2D eigenvalue weighted by molar-refractivity contribution is 0.0918. The third-order valence-corrected chi connectivity index (χ3v) is 4.68. The first-order valence-electron chi connectivity index (χ1n) is 9.06. The van der Waals surface area contributed by atoms with Crippen LogP contribution in [0.25, 0.3) is 0 Å². The zero-order valence-electron chi connectivity index (χ0n) is 15.1. The molecule has 5 heteroatoms. The zero-order valence-corrected chi connectivity index (χ0v) is 15.1. The van der Waals surface area contributed by atoms with Crippen molar-refractivity contribution < 1.29 is 9.59 Å². The summed E-state index contributed by atoms with van der Waals surface area (Å²) in [7, 11) is 0. The maximum atomic E-state index is 12.3. The van der Waals surface area contributed by atoms with Crippen molar-refractivity contribution in [3.8, 4) is 0 Å². The Kier molecular flexibility index (Phi) is 5.89. The van der Waals surface area contributed by atoms with Gasteiger partial charge in [-0.25, -0.2) is 4.79 Å². The van der Waals surface area contributed by atoms with Gasteiger partial charge in [-0.05, 0) is 37.5 Å². The summed E-state index contributed by atoms with van der Waals surface area (Å²) >= 11 is 0. The Morgan fingerprint density at radius 2 is 1.77 bits per heavy atom. The quantitative estimate of drug-likeness (QED) is 0.889. The maximum absolute atomic E-state index is 12.3. The SMILES string of the molecule is Cc1cccc(CNC(=O)N2CCC(NC(=O)c3ccccc3)CC2)c1. The predicted octanol–water partition coefficient (Wildman–Crippen LogP) is 3.10. The number of carbonyl (C=O) groups excluding carboxylic acids is 2. The van der Waals surface area contributed by atoms with Gasteiger partial charge in [-0.3, -0.25) is 4.79 Å². The topological polar surface area (TPSA) is 61.4 Å². The highest BCUT2D eigenvalue weighted by atomic mass is 16.2. The molecule has 0 saturated carbocycles. The van der Waals surface area contributed by atoms with Gasteiger partial charge in [0.25, 0.3) is 5.91 Å². The Bertz CT molecular complexity index is 753. The Balaban J connectivity index is 1.43. The zero-order chi connectivity index (χ0) is 18.4. The molecule has 3 rings (SSSR count). The summed E-state index contributed by atoms with van der Waals surface area (Å²) in [5.41, 5.74) is 2.96. The predicted molar refractivity (Wildman–Crippen MR) is 102 cm³/mol. The summed E-state index contributed by atoms with van der Waals surface area (Å²) in [5, 5.41) is 6.04. The molecule has 0 aromatic heterocycles. The molecule has 2 N–H and O–H groups in total. The minimum absolute atomic E-state index is 0.0423. The third kappa shape index (κ3) is 4.85. The second-order valence-electron chi connectivity index (χ2n) is 6.75. The Labute approximate surface area is 154 Å². The third-order valence-electron chi connectivity index (χ3n) is 4.68. The van der Waals surface area contributed by atoms with Crippen LogP contribution in [0.5, 0.6) is 0 Å². The van der Waals surface area contributed by atoms with Crippen LogP contribution in [0.4, 0.5) is 4.79 Å². The fourth-order valence-corrected chi connectivity index (χ4v) is 3.20. The standard InChI is InChI=1S/C21H25N3O2/c1-16-6-5-7-17(14-16)15-22-21(26)24-12-10-19(11-13-24)23-20(25)18-8-3-2-4-9-18/h2-9,14,19H,10-13,15H2,1H3,(H,22,26)(H,23,25). The van der Waals surface area contributed by atoms with E-state index in [1.165, 1.54) is 5.56 Å². The number of hydrogen-bond acceptors (Lipinski definition) is 2. The Morgan fingerprint density at radius 1 is 1.04 bits per heavy atom. The van der Waals surface area contributed by atoms with E-state index in [0.717, 1.165) is 18.4 Å². The van der Waals surface area contributed by atoms with E-state index in [-0.39, 0.29) is 18.0 Å². The molecular formula is C21H25N3O2. The second-order valence-corrected chi connectivity index (χ2v) is 6.75. The molecule has 0 spiro atoms. The van der Waals surface area contributed by atoms with E-state index in [2.05, 4.69) is 16.7 Å². The highest BCUT2D eigenvalue weighted by Gasteiger charge is 2.23. The van der Waals surface area contributed by atoms with Crippen LogP contribution in [0.2, 0.25) is 0 Å². The molecule has 0 bridgehead atoms. The van der Waals surface area contributed by atoms with Crippen molar-refractivity contribution in [3.63, 3.8) is 0 Å². The lowest BCUT2D eigenvalue weighted by atomic mass is 10.0. The van der Waals surface area contributed by atoms with Gasteiger partial charge in [-0.2, -0.15) is 0 Å². The number of urea groups is 1. The molecule has 0 radical (unpaired) electrons. The molecule has 5 nitrogen and oxygen atoms in total. The van der Waals surface area contributed by atoms with E-state index in [1.807, 2.05) is 60.4 Å². The molecular weight excluding hydrogens is 326 g/mol. The van der Waals surface area contributed by atoms with Gasteiger partial charge in [0.15, 0.2) is 0 Å². The molecule has 2 aromatic carbocycles. The van der Waals surface area contributed by atoms with Crippen molar-refractivity contribution in [1.82, 2.24) is 15.5 Å². The lowest BCUT2D eigenvalue weighted by Crippen LogP contribution is -2.49. The van der Waals surface area contributed by atoms with E-state index in [1.54, 1.807) is 0 Å². The smallest absolute Gasteiger partial charge is 0.317 e. The Hall–Kier alpha value is -2.82. The summed E-state index contributed by atoms with van der Waals surface area (Å²) in [4.78, 5) is 26.4. The molecule has 26 heavy (non-hydrogen) atoms. The summed E-state index contributed by atoms with van der Waals surface area (Å²) in [5.74, 6) is -0.0482. The Morgan fingerprint density at radius 3 is 2.46 bits per heavy atom. The van der Waals surface area contributed by atoms with Gasteiger partial charge < -0.3 is 15.5 Å². The molecule has 1 saturated heterocycles. The minimum Gasteiger partial charge on any atom is -0.349 e. The first-order valence-corrected chi connectivity index (χ1v) is 9.06. The van der Waals surface area contributed by atoms with Crippen molar-refractivity contribution in [2.75, 3.05) is 13.1 Å². The van der Waals surface area contributed by atoms with Crippen LogP contribution in [0.15, 0.2) is 54.6 Å². The van der Waals surface area contributed by atoms with Crippen molar-refractivity contribution in [1.29, 1.82) is 0 Å². The van der Waals surface area contributed by atoms with E-state index in [9.17, 15) is 9.59 Å². The molecule has 2 aromatic rings. The van der Waals surface area contributed by atoms with E-state index in [4.69, 9.17) is 0 Å². The van der Waals surface area contributed by atoms with Gasteiger partial charge in [0.2, 0.25) is 0 Å². The number of carbonyl (C=O) groups is 2. The van der Waals surface area contributed by atoms with Gasteiger partial charge >= 0.3 is 6.03 Å². The van der Waals surface area contributed by atoms with Crippen LogP contribution >= 0.6 is 0 Å². The highest BCUT2D eigenvalue weighted by Crippen LogP contribution is 2.12. The van der Waals surface area contributed by atoms with Crippen molar-refractivity contribution in [3.05, 3.63) is 71.3 Å². The maximum Gasteiger partial charge on any atom is 0.317 e. The number of piperidine rings is 1. The number of hydrogen-bond donors (Lipinski definition) is 2. The molecule has 0 atom stereocenters. The molecule has 1 aliphatic heterocycles. The first kappa shape index (κ1) is 18.0. The normalized spacial score (nSPS) is 14.7. The van der Waals surface area contributed by atoms with Crippen molar-refractivity contribution in [2.24, 2.45) is 0 Å². The van der Waals surface area contributed by atoms with Crippen LogP contribution in [0, 0.1) is 6.92 Å². The van der Waals surface area contributed by atoms with Gasteiger partial charge in [0.1, 0.15) is 0 Å².